The average Bonchev–Trinajstić information content (AvgIpc) is 2.70. The molecule has 1 aromatic heterocycles. The highest BCUT2D eigenvalue weighted by Crippen LogP contribution is 2.46. The van der Waals surface area contributed by atoms with Gasteiger partial charge in [-0.15, -0.1) is 0 Å². The maximum absolute atomic E-state index is 12.2. The maximum atomic E-state index is 12.2. The topological polar surface area (TPSA) is 84.5 Å². The third kappa shape index (κ3) is 2.02. The van der Waals surface area contributed by atoms with Gasteiger partial charge in [0.05, 0.1) is 29.7 Å². The van der Waals surface area contributed by atoms with Crippen LogP contribution >= 0.6 is 0 Å². The van der Waals surface area contributed by atoms with Crippen LogP contribution in [0.5, 0.6) is 0 Å². The molecule has 1 N–H and O–H groups in total. The zero-order chi connectivity index (χ0) is 16.0. The Balaban J connectivity index is 1.97. The molecule has 6 nitrogen and oxygen atoms in total. The van der Waals surface area contributed by atoms with E-state index in [1.54, 1.807) is 6.92 Å². The van der Waals surface area contributed by atoms with Crippen LogP contribution < -0.4 is 9.67 Å². The summed E-state index contributed by atoms with van der Waals surface area (Å²) >= 11 is 0. The molecule has 0 aliphatic carbocycles. The van der Waals surface area contributed by atoms with E-state index in [4.69, 9.17) is 0 Å². The number of aromatic nitrogens is 1. The van der Waals surface area contributed by atoms with Crippen molar-refractivity contribution in [1.29, 1.82) is 0 Å². The van der Waals surface area contributed by atoms with Crippen molar-refractivity contribution >= 4 is 11.9 Å². The molecule has 1 aromatic rings. The minimum absolute atomic E-state index is 0.0317. The van der Waals surface area contributed by atoms with Gasteiger partial charge in [0.2, 0.25) is 5.91 Å². The van der Waals surface area contributed by atoms with Crippen molar-refractivity contribution in [2.75, 3.05) is 0 Å². The van der Waals surface area contributed by atoms with Crippen molar-refractivity contribution in [2.45, 2.75) is 32.5 Å². The van der Waals surface area contributed by atoms with E-state index in [1.165, 1.54) is 4.90 Å². The van der Waals surface area contributed by atoms with Crippen LogP contribution in [0.2, 0.25) is 0 Å². The Morgan fingerprint density at radius 1 is 1.41 bits per heavy atom. The van der Waals surface area contributed by atoms with Crippen LogP contribution in [0.3, 0.4) is 0 Å². The van der Waals surface area contributed by atoms with Gasteiger partial charge in [-0.1, -0.05) is 13.0 Å². The minimum Gasteiger partial charge on any atom is -0.543 e. The zero-order valence-electron chi connectivity index (χ0n) is 12.5. The maximum Gasteiger partial charge on any atom is 0.235 e. The number of pyridine rings is 1. The molecule has 116 valence electrons. The number of rotatable bonds is 4. The molecule has 1 fully saturated rings. The Labute approximate surface area is 128 Å². The number of nitrogens with zero attached hydrogens (tertiary/aromatic N) is 2. The van der Waals surface area contributed by atoms with Crippen molar-refractivity contribution in [1.82, 2.24) is 4.90 Å². The second kappa shape index (κ2) is 5.21. The lowest BCUT2D eigenvalue weighted by Crippen LogP contribution is -2.64. The van der Waals surface area contributed by atoms with E-state index in [0.717, 1.165) is 0 Å². The molecule has 4 atom stereocenters. The van der Waals surface area contributed by atoms with E-state index in [-0.39, 0.29) is 23.6 Å². The Morgan fingerprint density at radius 2 is 2.05 bits per heavy atom. The van der Waals surface area contributed by atoms with Crippen molar-refractivity contribution in [2.24, 2.45) is 11.8 Å². The molecule has 6 heteroatoms. The lowest BCUT2D eigenvalue weighted by molar-refractivity contribution is -0.689. The SMILES string of the molecule is C[C@H]1C(C[n+]2ccccc2)=C(C(=O)[O-])N2C(=O)[C@H]([C@@H](C)O)C12. The summed E-state index contributed by atoms with van der Waals surface area (Å²) < 4.78 is 1.86. The molecule has 1 unspecified atom stereocenters. The summed E-state index contributed by atoms with van der Waals surface area (Å²) in [6.07, 6.45) is 2.90. The molecule has 3 heterocycles. The van der Waals surface area contributed by atoms with Crippen molar-refractivity contribution < 1.29 is 24.4 Å². The van der Waals surface area contributed by atoms with Crippen LogP contribution in [0.15, 0.2) is 41.9 Å². The lowest BCUT2D eigenvalue weighted by Gasteiger charge is -2.47. The molecule has 22 heavy (non-hydrogen) atoms. The average molecular weight is 302 g/mol. The van der Waals surface area contributed by atoms with Gasteiger partial charge in [-0.05, 0) is 6.92 Å². The summed E-state index contributed by atoms with van der Waals surface area (Å²) in [4.78, 5) is 25.0. The fourth-order valence-corrected chi connectivity index (χ4v) is 3.58. The first-order chi connectivity index (χ1) is 10.4. The van der Waals surface area contributed by atoms with Gasteiger partial charge in [0, 0.05) is 23.6 Å². The van der Waals surface area contributed by atoms with E-state index in [2.05, 4.69) is 0 Å². The first-order valence-corrected chi connectivity index (χ1v) is 7.33. The number of carbonyl (C=O) groups is 2. The van der Waals surface area contributed by atoms with Gasteiger partial charge < -0.3 is 19.9 Å². The number of aliphatic hydroxyl groups is 1. The van der Waals surface area contributed by atoms with Gasteiger partial charge in [-0.2, -0.15) is 0 Å². The molecule has 3 rings (SSSR count). The number of hydrogen-bond donors (Lipinski definition) is 1. The summed E-state index contributed by atoms with van der Waals surface area (Å²) in [7, 11) is 0. The number of fused-ring (bicyclic) bond motifs is 1. The standard InChI is InChI=1S/C16H18N2O4/c1-9-11(8-17-6-4-3-5-7-17)14(16(21)22)18-13(9)12(10(2)19)15(18)20/h3-7,9-10,12-13,19H,8H2,1-2H3/t9-,10+,12+,13?/m0/s1. The van der Waals surface area contributed by atoms with Gasteiger partial charge >= 0.3 is 0 Å². The summed E-state index contributed by atoms with van der Waals surface area (Å²) in [6, 6.07) is 5.30. The molecule has 2 aliphatic rings. The third-order valence-corrected chi connectivity index (χ3v) is 4.64. The van der Waals surface area contributed by atoms with Crippen molar-refractivity contribution in [3.63, 3.8) is 0 Å². The number of carboxylic acid groups (broad SMARTS) is 1. The molecule has 0 aromatic carbocycles. The number of aliphatic carboxylic acids is 1. The fraction of sp³-hybridized carbons (Fsp3) is 0.438. The summed E-state index contributed by atoms with van der Waals surface area (Å²) in [5.41, 5.74) is 0.633. The molecule has 1 amide bonds. The van der Waals surface area contributed by atoms with Crippen LogP contribution in [0, 0.1) is 11.8 Å². The molecule has 0 bridgehead atoms. The monoisotopic (exact) mass is 302 g/mol. The largest absolute Gasteiger partial charge is 0.543 e. The van der Waals surface area contributed by atoms with Gasteiger partial charge in [0.25, 0.3) is 0 Å². The molecule has 0 radical (unpaired) electrons. The molecule has 2 aliphatic heterocycles. The van der Waals surface area contributed by atoms with Crippen LogP contribution in [-0.4, -0.2) is 34.0 Å². The lowest BCUT2D eigenvalue weighted by atomic mass is 9.78. The van der Waals surface area contributed by atoms with Crippen LogP contribution in [0.25, 0.3) is 0 Å². The first kappa shape index (κ1) is 14.7. The molecule has 0 spiro atoms. The van der Waals surface area contributed by atoms with Crippen molar-refractivity contribution in [3.8, 4) is 0 Å². The van der Waals surface area contributed by atoms with E-state index >= 15 is 0 Å². The highest BCUT2D eigenvalue weighted by Gasteiger charge is 2.58. The molecular weight excluding hydrogens is 284 g/mol. The normalized spacial score (nSPS) is 28.4. The van der Waals surface area contributed by atoms with E-state index < -0.39 is 18.0 Å². The van der Waals surface area contributed by atoms with E-state index in [1.807, 2.05) is 42.1 Å². The number of β-lactam (4-membered cyclic amide) rings is 1. The Hall–Kier alpha value is -2.21. The number of hydrogen-bond acceptors (Lipinski definition) is 4. The Bertz CT molecular complexity index is 653. The fourth-order valence-electron chi connectivity index (χ4n) is 3.58. The number of carboxylic acids is 1. The number of aliphatic hydroxyl groups excluding tert-OH is 1. The van der Waals surface area contributed by atoms with Gasteiger partial charge in [-0.25, -0.2) is 4.57 Å². The third-order valence-electron chi connectivity index (χ3n) is 4.64. The second-order valence-electron chi connectivity index (χ2n) is 5.96. The quantitative estimate of drug-likeness (QED) is 0.561. The molecule has 1 saturated heterocycles. The van der Waals surface area contributed by atoms with Crippen LogP contribution in [0.1, 0.15) is 13.8 Å². The van der Waals surface area contributed by atoms with Crippen LogP contribution in [-0.2, 0) is 16.1 Å². The minimum atomic E-state index is -1.33. The van der Waals surface area contributed by atoms with E-state index in [9.17, 15) is 19.8 Å². The molecule has 0 saturated carbocycles. The van der Waals surface area contributed by atoms with Gasteiger partial charge in [-0.3, -0.25) is 4.79 Å². The van der Waals surface area contributed by atoms with Gasteiger partial charge in [0.1, 0.15) is 0 Å². The predicted octanol–water partition coefficient (Wildman–Crippen LogP) is -1.16. The van der Waals surface area contributed by atoms with Crippen LogP contribution in [0.4, 0.5) is 0 Å². The Kier molecular flexibility index (Phi) is 3.48. The van der Waals surface area contributed by atoms with Gasteiger partial charge in [0.15, 0.2) is 18.9 Å². The summed E-state index contributed by atoms with van der Waals surface area (Å²) in [6.45, 7) is 3.85. The Morgan fingerprint density at radius 3 is 2.59 bits per heavy atom. The van der Waals surface area contributed by atoms with E-state index in [0.29, 0.717) is 12.1 Å². The zero-order valence-corrected chi connectivity index (χ0v) is 12.5. The summed E-state index contributed by atoms with van der Waals surface area (Å²) in [5, 5.41) is 21.3. The highest BCUT2D eigenvalue weighted by atomic mass is 16.4. The predicted molar refractivity (Wildman–Crippen MR) is 73.6 cm³/mol. The second-order valence-corrected chi connectivity index (χ2v) is 5.96. The molecular formula is C16H18N2O4. The first-order valence-electron chi connectivity index (χ1n) is 7.33. The van der Waals surface area contributed by atoms with Crippen molar-refractivity contribution in [3.05, 3.63) is 41.9 Å². The summed E-state index contributed by atoms with van der Waals surface area (Å²) in [5.74, 6) is -2.34. The number of carbonyl (C=O) groups excluding carboxylic acids is 2. The smallest absolute Gasteiger partial charge is 0.235 e. The number of amides is 1. The highest BCUT2D eigenvalue weighted by molar-refractivity contribution is 5.99.